The number of carbonyl (C=O) groups is 1. The van der Waals surface area contributed by atoms with Crippen LogP contribution in [0.25, 0.3) is 0 Å². The maximum atomic E-state index is 12.2. The molecule has 1 aliphatic heterocycles. The highest BCUT2D eigenvalue weighted by Crippen LogP contribution is 2.28. The number of benzene rings is 2. The van der Waals surface area contributed by atoms with Crippen molar-refractivity contribution in [3.05, 3.63) is 65.7 Å². The second-order valence-electron chi connectivity index (χ2n) is 8.09. The number of likely N-dealkylation sites (N-methyl/N-ethyl adjacent to an activating group) is 1. The first-order chi connectivity index (χ1) is 15.1. The Hall–Kier alpha value is -2.41. The van der Waals surface area contributed by atoms with Gasteiger partial charge in [0.25, 0.3) is 5.91 Å². The number of nitrogens with zero attached hydrogens (tertiary/aromatic N) is 2. The number of ether oxygens (including phenoxy) is 2. The van der Waals surface area contributed by atoms with Gasteiger partial charge >= 0.3 is 0 Å². The third-order valence-corrected chi connectivity index (χ3v) is 5.78. The molecule has 2 atom stereocenters. The predicted octanol–water partition coefficient (Wildman–Crippen LogP) is 3.70. The highest BCUT2D eigenvalue weighted by atomic mass is 16.7. The van der Waals surface area contributed by atoms with Gasteiger partial charge < -0.3 is 19.7 Å². The molecule has 0 aromatic heterocycles. The van der Waals surface area contributed by atoms with Crippen molar-refractivity contribution in [2.45, 2.75) is 31.9 Å². The zero-order chi connectivity index (χ0) is 22.1. The van der Waals surface area contributed by atoms with E-state index in [4.69, 9.17) is 9.47 Å². The van der Waals surface area contributed by atoms with E-state index in [9.17, 15) is 4.79 Å². The molecule has 0 unspecified atom stereocenters. The Kier molecular flexibility index (Phi) is 8.88. The molecule has 1 amide bonds. The van der Waals surface area contributed by atoms with Gasteiger partial charge in [-0.15, -0.1) is 0 Å². The van der Waals surface area contributed by atoms with Crippen LogP contribution in [0.15, 0.2) is 54.6 Å². The molecule has 0 bridgehead atoms. The summed E-state index contributed by atoms with van der Waals surface area (Å²) in [5, 5.41) is 2.93. The van der Waals surface area contributed by atoms with Crippen LogP contribution in [0.4, 0.5) is 5.69 Å². The van der Waals surface area contributed by atoms with Crippen LogP contribution >= 0.6 is 0 Å². The van der Waals surface area contributed by atoms with Crippen molar-refractivity contribution < 1.29 is 14.3 Å². The zero-order valence-corrected chi connectivity index (χ0v) is 18.9. The highest BCUT2D eigenvalue weighted by molar-refractivity contribution is 5.94. The third kappa shape index (κ3) is 6.53. The molecule has 2 aromatic carbocycles. The standard InChI is InChI=1S/C25H35N3O3/c1-4-15-26-25(29)21-10-12-22(13-11-21)27(2)18-24(20-8-6-5-7-9-20)28-16-14-23(17-28)31-19-30-3/h5-13,23-24H,4,14-19H2,1-3H3,(H,26,29)/t23-,24-/m0/s1. The molecule has 168 valence electrons. The second-order valence-corrected chi connectivity index (χ2v) is 8.09. The Morgan fingerprint density at radius 1 is 1.19 bits per heavy atom. The summed E-state index contributed by atoms with van der Waals surface area (Å²) in [6, 6.07) is 18.8. The molecule has 3 rings (SSSR count). The number of likely N-dealkylation sites (tertiary alicyclic amines) is 1. The van der Waals surface area contributed by atoms with Crippen LogP contribution in [0.3, 0.4) is 0 Å². The van der Waals surface area contributed by atoms with Gasteiger partial charge in [0.15, 0.2) is 0 Å². The van der Waals surface area contributed by atoms with Crippen molar-refractivity contribution >= 4 is 11.6 Å². The van der Waals surface area contributed by atoms with E-state index >= 15 is 0 Å². The summed E-state index contributed by atoms with van der Waals surface area (Å²) in [6.07, 6.45) is 2.15. The molecule has 0 saturated carbocycles. The lowest BCUT2D eigenvalue weighted by atomic mass is 10.0. The third-order valence-electron chi connectivity index (χ3n) is 5.78. The van der Waals surface area contributed by atoms with Crippen LogP contribution < -0.4 is 10.2 Å². The maximum Gasteiger partial charge on any atom is 0.251 e. The molecule has 1 aliphatic rings. The van der Waals surface area contributed by atoms with E-state index < -0.39 is 0 Å². The molecule has 1 fully saturated rings. The van der Waals surface area contributed by atoms with Gasteiger partial charge in [-0.05, 0) is 42.7 Å². The maximum absolute atomic E-state index is 12.2. The molecule has 0 aliphatic carbocycles. The van der Waals surface area contributed by atoms with Gasteiger partial charge in [0.1, 0.15) is 6.79 Å². The summed E-state index contributed by atoms with van der Waals surface area (Å²) in [7, 11) is 3.77. The van der Waals surface area contributed by atoms with Gasteiger partial charge in [-0.3, -0.25) is 9.69 Å². The summed E-state index contributed by atoms with van der Waals surface area (Å²) in [6.45, 7) is 5.83. The van der Waals surface area contributed by atoms with Crippen LogP contribution in [-0.4, -0.2) is 64.0 Å². The van der Waals surface area contributed by atoms with Gasteiger partial charge in [-0.25, -0.2) is 0 Å². The van der Waals surface area contributed by atoms with Crippen molar-refractivity contribution in [3.63, 3.8) is 0 Å². The first kappa shape index (κ1) is 23.3. The Labute approximate surface area is 186 Å². The number of methoxy groups -OCH3 is 1. The highest BCUT2D eigenvalue weighted by Gasteiger charge is 2.30. The monoisotopic (exact) mass is 425 g/mol. The van der Waals surface area contributed by atoms with E-state index in [0.717, 1.165) is 38.2 Å². The Morgan fingerprint density at radius 3 is 2.61 bits per heavy atom. The molecule has 1 heterocycles. The minimum atomic E-state index is -0.0163. The number of carbonyl (C=O) groups excluding carboxylic acids is 1. The minimum Gasteiger partial charge on any atom is -0.373 e. The molecule has 1 N–H and O–H groups in total. The van der Waals surface area contributed by atoms with E-state index in [1.54, 1.807) is 7.11 Å². The average Bonchev–Trinajstić information content (AvgIpc) is 3.28. The molecule has 6 heteroatoms. The first-order valence-electron chi connectivity index (χ1n) is 11.1. The van der Waals surface area contributed by atoms with Crippen molar-refractivity contribution in [3.8, 4) is 0 Å². The van der Waals surface area contributed by atoms with Crippen LogP contribution in [0.5, 0.6) is 0 Å². The molecule has 6 nitrogen and oxygen atoms in total. The Bertz CT molecular complexity index is 797. The lowest BCUT2D eigenvalue weighted by Crippen LogP contribution is -2.36. The molecule has 0 spiro atoms. The lowest BCUT2D eigenvalue weighted by molar-refractivity contribution is -0.0679. The number of rotatable bonds is 11. The Balaban J connectivity index is 1.69. The van der Waals surface area contributed by atoms with Crippen molar-refractivity contribution in [1.82, 2.24) is 10.2 Å². The molecule has 31 heavy (non-hydrogen) atoms. The second kappa shape index (κ2) is 11.8. The van der Waals surface area contributed by atoms with Gasteiger partial charge in [0, 0.05) is 51.6 Å². The fourth-order valence-corrected chi connectivity index (χ4v) is 4.02. The van der Waals surface area contributed by atoms with E-state index in [0.29, 0.717) is 18.9 Å². The first-order valence-corrected chi connectivity index (χ1v) is 11.1. The zero-order valence-electron chi connectivity index (χ0n) is 18.9. The molecular formula is C25H35N3O3. The van der Waals surface area contributed by atoms with Crippen LogP contribution in [0.1, 0.15) is 41.7 Å². The number of hydrogen-bond donors (Lipinski definition) is 1. The van der Waals surface area contributed by atoms with Crippen molar-refractivity contribution in [2.24, 2.45) is 0 Å². The fourth-order valence-electron chi connectivity index (χ4n) is 4.02. The van der Waals surface area contributed by atoms with Gasteiger partial charge in [0.05, 0.1) is 12.1 Å². The van der Waals surface area contributed by atoms with Gasteiger partial charge in [-0.2, -0.15) is 0 Å². The minimum absolute atomic E-state index is 0.0163. The van der Waals surface area contributed by atoms with E-state index in [-0.39, 0.29) is 18.1 Å². The smallest absolute Gasteiger partial charge is 0.251 e. The number of hydrogen-bond acceptors (Lipinski definition) is 5. The normalized spacial score (nSPS) is 17.5. The lowest BCUT2D eigenvalue weighted by Gasteiger charge is -2.33. The quantitative estimate of drug-likeness (QED) is 0.557. The summed E-state index contributed by atoms with van der Waals surface area (Å²) in [5.74, 6) is -0.0163. The van der Waals surface area contributed by atoms with Crippen LogP contribution in [0, 0.1) is 0 Å². The topological polar surface area (TPSA) is 54.0 Å². The molecule has 2 aromatic rings. The summed E-state index contributed by atoms with van der Waals surface area (Å²) < 4.78 is 10.9. The van der Waals surface area contributed by atoms with E-state index in [1.807, 2.05) is 31.2 Å². The summed E-state index contributed by atoms with van der Waals surface area (Å²) in [5.41, 5.74) is 3.10. The number of amides is 1. The Morgan fingerprint density at radius 2 is 1.94 bits per heavy atom. The molecule has 0 radical (unpaired) electrons. The van der Waals surface area contributed by atoms with E-state index in [2.05, 4.69) is 52.5 Å². The predicted molar refractivity (Wildman–Crippen MR) is 124 cm³/mol. The van der Waals surface area contributed by atoms with Crippen molar-refractivity contribution in [2.75, 3.05) is 52.0 Å². The van der Waals surface area contributed by atoms with Gasteiger partial charge in [-0.1, -0.05) is 37.3 Å². The number of anilines is 1. The largest absolute Gasteiger partial charge is 0.373 e. The summed E-state index contributed by atoms with van der Waals surface area (Å²) in [4.78, 5) is 16.9. The van der Waals surface area contributed by atoms with Crippen molar-refractivity contribution in [1.29, 1.82) is 0 Å². The van der Waals surface area contributed by atoms with Crippen LogP contribution in [0.2, 0.25) is 0 Å². The van der Waals surface area contributed by atoms with Crippen LogP contribution in [-0.2, 0) is 9.47 Å². The average molecular weight is 426 g/mol. The van der Waals surface area contributed by atoms with E-state index in [1.165, 1.54) is 5.56 Å². The fraction of sp³-hybridized carbons (Fsp3) is 0.480. The number of nitrogens with one attached hydrogen (secondary N) is 1. The molecular weight excluding hydrogens is 390 g/mol. The van der Waals surface area contributed by atoms with Gasteiger partial charge in [0.2, 0.25) is 0 Å². The molecule has 1 saturated heterocycles. The summed E-state index contributed by atoms with van der Waals surface area (Å²) >= 11 is 0. The SMILES string of the molecule is CCCNC(=O)c1ccc(N(C)C[C@@H](c2ccccc2)N2CC[C@H](OCOC)C2)cc1.